The third-order valence-corrected chi connectivity index (χ3v) is 6.86. The summed E-state index contributed by atoms with van der Waals surface area (Å²) in [7, 11) is -3.82. The predicted molar refractivity (Wildman–Crippen MR) is 113 cm³/mol. The summed E-state index contributed by atoms with van der Waals surface area (Å²) in [6.07, 6.45) is 6.19. The summed E-state index contributed by atoms with van der Waals surface area (Å²) in [6.45, 7) is 3.79. The molecule has 0 aromatic heterocycles. The molecule has 29 heavy (non-hydrogen) atoms. The van der Waals surface area contributed by atoms with Crippen molar-refractivity contribution in [2.45, 2.75) is 31.6 Å². The summed E-state index contributed by atoms with van der Waals surface area (Å²) in [5.41, 5.74) is 6.21. The van der Waals surface area contributed by atoms with Crippen LogP contribution in [0.5, 0.6) is 0 Å². The van der Waals surface area contributed by atoms with Crippen molar-refractivity contribution < 1.29 is 13.2 Å². The molecule has 2 atom stereocenters. The van der Waals surface area contributed by atoms with E-state index >= 15 is 0 Å². The highest BCUT2D eigenvalue weighted by Gasteiger charge is 2.38. The normalized spacial score (nSPS) is 21.5. The topological polar surface area (TPSA) is 87.6 Å². The van der Waals surface area contributed by atoms with E-state index in [1.54, 1.807) is 18.2 Å². The summed E-state index contributed by atoms with van der Waals surface area (Å²) < 4.78 is 28.2. The van der Waals surface area contributed by atoms with Crippen molar-refractivity contribution in [3.63, 3.8) is 0 Å². The first-order valence-electron chi connectivity index (χ1n) is 9.57. The van der Waals surface area contributed by atoms with Gasteiger partial charge in [-0.25, -0.2) is 13.8 Å². The Balaban J connectivity index is 1.48. The van der Waals surface area contributed by atoms with Crippen LogP contribution in [0.25, 0.3) is 0 Å². The lowest BCUT2D eigenvalue weighted by Crippen LogP contribution is -2.35. The number of hydrazone groups is 1. The van der Waals surface area contributed by atoms with E-state index in [1.807, 2.05) is 26.0 Å². The van der Waals surface area contributed by atoms with Gasteiger partial charge in [0.15, 0.2) is 0 Å². The van der Waals surface area contributed by atoms with Gasteiger partial charge in [-0.2, -0.15) is 5.10 Å². The second-order valence-corrected chi connectivity index (χ2v) is 9.32. The summed E-state index contributed by atoms with van der Waals surface area (Å²) in [5.74, 6) is 0.537. The zero-order valence-corrected chi connectivity index (χ0v) is 17.2. The number of nitrogens with zero attached hydrogens (tertiary/aromatic N) is 1. The lowest BCUT2D eigenvalue weighted by atomic mass is 9.74. The van der Waals surface area contributed by atoms with Crippen LogP contribution in [0.4, 0.5) is 5.69 Å². The van der Waals surface area contributed by atoms with E-state index in [0.29, 0.717) is 17.5 Å². The minimum absolute atomic E-state index is 0.0291. The van der Waals surface area contributed by atoms with Crippen LogP contribution in [0, 0.1) is 25.7 Å². The van der Waals surface area contributed by atoms with Crippen molar-refractivity contribution in [1.29, 1.82) is 0 Å². The summed E-state index contributed by atoms with van der Waals surface area (Å²) >= 11 is 0. The van der Waals surface area contributed by atoms with Gasteiger partial charge in [-0.1, -0.05) is 35.9 Å². The highest BCUT2D eigenvalue weighted by molar-refractivity contribution is 7.92. The lowest BCUT2D eigenvalue weighted by Gasteiger charge is -2.31. The molecule has 0 heterocycles. The molecule has 6 nitrogen and oxygen atoms in total. The zero-order valence-electron chi connectivity index (χ0n) is 16.3. The number of rotatable bonds is 5. The third kappa shape index (κ3) is 3.96. The van der Waals surface area contributed by atoms with Crippen LogP contribution in [-0.4, -0.2) is 20.0 Å². The van der Waals surface area contributed by atoms with Gasteiger partial charge in [-0.15, -0.1) is 0 Å². The van der Waals surface area contributed by atoms with Gasteiger partial charge in [0, 0.05) is 17.2 Å². The summed E-state index contributed by atoms with van der Waals surface area (Å²) in [5, 5.41) is 4.24. The van der Waals surface area contributed by atoms with E-state index in [2.05, 4.69) is 27.4 Å². The molecule has 2 aliphatic carbocycles. The van der Waals surface area contributed by atoms with Crippen LogP contribution >= 0.6 is 0 Å². The predicted octanol–water partition coefficient (Wildman–Crippen LogP) is 3.79. The molecule has 2 aromatic carbocycles. The quantitative estimate of drug-likeness (QED) is 0.582. The van der Waals surface area contributed by atoms with Crippen molar-refractivity contribution in [3.05, 3.63) is 71.3 Å². The van der Waals surface area contributed by atoms with Crippen LogP contribution in [-0.2, 0) is 10.0 Å². The number of sulfonamides is 1. The largest absolute Gasteiger partial charge is 0.279 e. The molecule has 2 aliphatic rings. The van der Waals surface area contributed by atoms with E-state index in [4.69, 9.17) is 0 Å². The van der Waals surface area contributed by atoms with Gasteiger partial charge >= 0.3 is 0 Å². The van der Waals surface area contributed by atoms with E-state index in [1.165, 1.54) is 12.1 Å². The van der Waals surface area contributed by atoms with Gasteiger partial charge in [0.05, 0.1) is 10.6 Å². The molecule has 0 bridgehead atoms. The smallest absolute Gasteiger partial charge is 0.271 e. The Morgan fingerprint density at radius 1 is 1.14 bits per heavy atom. The van der Waals surface area contributed by atoms with Gasteiger partial charge in [-0.05, 0) is 62.4 Å². The van der Waals surface area contributed by atoms with Gasteiger partial charge < -0.3 is 0 Å². The Labute approximate surface area is 170 Å². The van der Waals surface area contributed by atoms with Crippen molar-refractivity contribution in [2.24, 2.45) is 16.9 Å². The molecule has 0 saturated heterocycles. The third-order valence-electron chi connectivity index (χ3n) is 5.50. The van der Waals surface area contributed by atoms with Crippen LogP contribution in [0.1, 0.15) is 34.3 Å². The number of anilines is 1. The maximum atomic E-state index is 12.8. The first-order chi connectivity index (χ1) is 13.8. The SMILES string of the molecule is Cc1ccc(NS(=O)(=O)c2cccc(C(=O)N/N=C3/C[C@H]4C=CC[C@H]34)c2)c(C)c1. The number of amides is 1. The van der Waals surface area contributed by atoms with Crippen LogP contribution < -0.4 is 10.1 Å². The average Bonchev–Trinajstić information content (AvgIpc) is 3.05. The van der Waals surface area contributed by atoms with Crippen molar-refractivity contribution in [2.75, 3.05) is 4.72 Å². The monoisotopic (exact) mass is 409 g/mol. The van der Waals surface area contributed by atoms with Gasteiger partial charge in [0.2, 0.25) is 0 Å². The number of hydrogen-bond donors (Lipinski definition) is 2. The van der Waals surface area contributed by atoms with Gasteiger partial charge in [-0.3, -0.25) is 9.52 Å². The molecule has 4 rings (SSSR count). The molecule has 0 aliphatic heterocycles. The fourth-order valence-corrected chi connectivity index (χ4v) is 4.96. The highest BCUT2D eigenvalue weighted by Crippen LogP contribution is 2.40. The van der Waals surface area contributed by atoms with Crippen molar-refractivity contribution >= 4 is 27.3 Å². The van der Waals surface area contributed by atoms with E-state index < -0.39 is 15.9 Å². The lowest BCUT2D eigenvalue weighted by molar-refractivity contribution is 0.0953. The minimum atomic E-state index is -3.82. The fourth-order valence-electron chi connectivity index (χ4n) is 3.79. The Kier molecular flexibility index (Phi) is 5.00. The number of allylic oxidation sites excluding steroid dienone is 2. The number of nitrogens with one attached hydrogen (secondary N) is 2. The Bertz CT molecular complexity index is 1140. The summed E-state index contributed by atoms with van der Waals surface area (Å²) in [4.78, 5) is 12.5. The minimum Gasteiger partial charge on any atom is -0.279 e. The maximum absolute atomic E-state index is 12.8. The average molecular weight is 410 g/mol. The van der Waals surface area contributed by atoms with Crippen LogP contribution in [0.3, 0.4) is 0 Å². The first kappa shape index (κ1) is 19.4. The number of hydrogen-bond acceptors (Lipinski definition) is 4. The van der Waals surface area contributed by atoms with Crippen molar-refractivity contribution in [3.8, 4) is 0 Å². The van der Waals surface area contributed by atoms with E-state index in [9.17, 15) is 13.2 Å². The number of benzene rings is 2. The number of fused-ring (bicyclic) bond motifs is 1. The Morgan fingerprint density at radius 3 is 2.72 bits per heavy atom. The number of aryl methyl sites for hydroxylation is 2. The molecule has 0 unspecified atom stereocenters. The molecule has 1 fully saturated rings. The molecular formula is C22H23N3O3S. The molecule has 0 spiro atoms. The molecular weight excluding hydrogens is 386 g/mol. The molecule has 2 aromatic rings. The van der Waals surface area contributed by atoms with Gasteiger partial charge in [0.1, 0.15) is 0 Å². The molecule has 1 saturated carbocycles. The zero-order chi connectivity index (χ0) is 20.6. The molecule has 7 heteroatoms. The second kappa shape index (κ2) is 7.48. The molecule has 150 valence electrons. The number of carbonyl (C=O) groups is 1. The van der Waals surface area contributed by atoms with E-state index in [-0.39, 0.29) is 10.5 Å². The van der Waals surface area contributed by atoms with Crippen molar-refractivity contribution in [1.82, 2.24) is 5.43 Å². The first-order valence-corrected chi connectivity index (χ1v) is 11.1. The Morgan fingerprint density at radius 2 is 1.97 bits per heavy atom. The standard InChI is InChI=1S/C22H23N3O3S/c1-14-9-10-20(15(2)11-14)25-29(27,28)18-7-3-6-17(12-18)22(26)24-23-21-13-16-5-4-8-19(16)21/h3-7,9-12,16,19,25H,8,13H2,1-2H3,(H,24,26)/b23-21-/t16-,19+/m1/s1. The fraction of sp³-hybridized carbons (Fsp3) is 0.273. The molecule has 2 N–H and O–H groups in total. The summed E-state index contributed by atoms with van der Waals surface area (Å²) in [6, 6.07) is 11.5. The molecule has 0 radical (unpaired) electrons. The van der Waals surface area contributed by atoms with Crippen LogP contribution in [0.15, 0.2) is 64.6 Å². The van der Waals surface area contributed by atoms with Crippen LogP contribution in [0.2, 0.25) is 0 Å². The maximum Gasteiger partial charge on any atom is 0.271 e. The van der Waals surface area contributed by atoms with Gasteiger partial charge in [0.25, 0.3) is 15.9 Å². The highest BCUT2D eigenvalue weighted by atomic mass is 32.2. The number of carbonyl (C=O) groups excluding carboxylic acids is 1. The van der Waals surface area contributed by atoms with E-state index in [0.717, 1.165) is 29.7 Å². The molecule has 1 amide bonds. The Hall–Kier alpha value is -2.93. The second-order valence-electron chi connectivity index (χ2n) is 7.63.